The first-order chi connectivity index (χ1) is 23.7. The quantitative estimate of drug-likeness (QED) is 0.0477. The summed E-state index contributed by atoms with van der Waals surface area (Å²) in [6, 6.07) is 0. The fraction of sp³-hybridized carbons (Fsp3) is 0.955. The molecule has 0 spiro atoms. The van der Waals surface area contributed by atoms with Gasteiger partial charge >= 0.3 is 11.9 Å². The summed E-state index contributed by atoms with van der Waals surface area (Å²) in [5.74, 6) is -0.0261. The Bertz CT molecular complexity index is 579. The SMILES string of the molecule is CCCCCCCCCCCCCCCCOC(=O)CCCCCCCCCCC(=O)OCCCCCCCCCCCCCCCC. The molecule has 0 aliphatic heterocycles. The molecule has 0 N–H and O–H groups in total. The Hall–Kier alpha value is -1.06. The van der Waals surface area contributed by atoms with E-state index < -0.39 is 0 Å². The Morgan fingerprint density at radius 1 is 0.271 bits per heavy atom. The molecule has 0 rings (SSSR count). The van der Waals surface area contributed by atoms with Crippen LogP contribution in [0, 0.1) is 0 Å². The van der Waals surface area contributed by atoms with Crippen LogP contribution in [-0.2, 0) is 19.1 Å². The third kappa shape index (κ3) is 41.1. The molecule has 0 aliphatic rings. The van der Waals surface area contributed by atoms with Crippen LogP contribution in [0.4, 0.5) is 0 Å². The summed E-state index contributed by atoms with van der Waals surface area (Å²) in [5.41, 5.74) is 0. The molecule has 0 amide bonds. The standard InChI is InChI=1S/C44H86O4/c1-3-5-7-9-11-13-15-17-19-21-25-29-33-37-41-47-43(45)39-35-31-27-23-24-28-32-36-40-44(46)48-42-38-34-30-26-22-20-18-16-14-12-10-8-6-4-2/h3-42H2,1-2H3. The molecular formula is C44H86O4. The Morgan fingerprint density at radius 3 is 0.688 bits per heavy atom. The number of ether oxygens (including phenoxy) is 2. The van der Waals surface area contributed by atoms with Crippen molar-refractivity contribution in [3.63, 3.8) is 0 Å². The fourth-order valence-electron chi connectivity index (χ4n) is 6.71. The Morgan fingerprint density at radius 2 is 0.458 bits per heavy atom. The molecule has 4 heteroatoms. The lowest BCUT2D eigenvalue weighted by molar-refractivity contribution is -0.144. The predicted octanol–water partition coefficient (Wildman–Crippen LogP) is 14.9. The van der Waals surface area contributed by atoms with Gasteiger partial charge in [0.25, 0.3) is 0 Å². The molecular weight excluding hydrogens is 592 g/mol. The molecule has 286 valence electrons. The second-order valence-electron chi connectivity index (χ2n) is 15.0. The molecule has 0 saturated heterocycles. The first-order valence-electron chi connectivity index (χ1n) is 22.0. The van der Waals surface area contributed by atoms with E-state index in [9.17, 15) is 9.59 Å². The highest BCUT2D eigenvalue weighted by atomic mass is 16.5. The average molecular weight is 679 g/mol. The van der Waals surface area contributed by atoms with Crippen molar-refractivity contribution < 1.29 is 19.1 Å². The fourth-order valence-corrected chi connectivity index (χ4v) is 6.71. The van der Waals surface area contributed by atoms with E-state index in [0.29, 0.717) is 26.1 Å². The monoisotopic (exact) mass is 679 g/mol. The van der Waals surface area contributed by atoms with E-state index in [2.05, 4.69) is 13.8 Å². The average Bonchev–Trinajstić information content (AvgIpc) is 3.09. The lowest BCUT2D eigenvalue weighted by Crippen LogP contribution is -2.05. The van der Waals surface area contributed by atoms with Crippen LogP contribution in [0.15, 0.2) is 0 Å². The molecule has 0 bridgehead atoms. The second kappa shape index (κ2) is 42.1. The van der Waals surface area contributed by atoms with Gasteiger partial charge in [0.1, 0.15) is 0 Å². The number of hydrogen-bond acceptors (Lipinski definition) is 4. The van der Waals surface area contributed by atoms with Gasteiger partial charge < -0.3 is 9.47 Å². The minimum atomic E-state index is -0.0130. The van der Waals surface area contributed by atoms with Gasteiger partial charge in [0.2, 0.25) is 0 Å². The van der Waals surface area contributed by atoms with Crippen LogP contribution in [0.5, 0.6) is 0 Å². The highest BCUT2D eigenvalue weighted by molar-refractivity contribution is 5.69. The van der Waals surface area contributed by atoms with E-state index in [1.54, 1.807) is 0 Å². The van der Waals surface area contributed by atoms with Crippen molar-refractivity contribution in [1.82, 2.24) is 0 Å². The summed E-state index contributed by atoms with van der Waals surface area (Å²) < 4.78 is 10.9. The topological polar surface area (TPSA) is 52.6 Å². The molecule has 0 atom stereocenters. The molecule has 0 aliphatic carbocycles. The van der Waals surface area contributed by atoms with E-state index in [1.165, 1.54) is 193 Å². The van der Waals surface area contributed by atoms with Gasteiger partial charge in [-0.3, -0.25) is 9.59 Å². The third-order valence-electron chi connectivity index (χ3n) is 10.0. The van der Waals surface area contributed by atoms with Crippen LogP contribution >= 0.6 is 0 Å². The molecule has 48 heavy (non-hydrogen) atoms. The van der Waals surface area contributed by atoms with E-state index >= 15 is 0 Å². The van der Waals surface area contributed by atoms with Crippen molar-refractivity contribution in [2.45, 2.75) is 258 Å². The van der Waals surface area contributed by atoms with Gasteiger partial charge in [-0.2, -0.15) is 0 Å². The van der Waals surface area contributed by atoms with Gasteiger partial charge in [-0.15, -0.1) is 0 Å². The van der Waals surface area contributed by atoms with Crippen LogP contribution < -0.4 is 0 Å². The van der Waals surface area contributed by atoms with Crippen LogP contribution in [-0.4, -0.2) is 25.2 Å². The Balaban J connectivity index is 3.23. The first kappa shape index (κ1) is 46.9. The molecule has 0 aromatic heterocycles. The van der Waals surface area contributed by atoms with Crippen LogP contribution in [0.1, 0.15) is 258 Å². The molecule has 0 saturated carbocycles. The first-order valence-corrected chi connectivity index (χ1v) is 22.0. The van der Waals surface area contributed by atoms with Crippen molar-refractivity contribution in [1.29, 1.82) is 0 Å². The maximum atomic E-state index is 12.0. The number of esters is 2. The minimum absolute atomic E-state index is 0.0130. The zero-order valence-corrected chi connectivity index (χ0v) is 32.9. The molecule has 0 fully saturated rings. The van der Waals surface area contributed by atoms with Gasteiger partial charge in [0.05, 0.1) is 13.2 Å². The number of carbonyl (C=O) groups excluding carboxylic acids is 2. The summed E-state index contributed by atoms with van der Waals surface area (Å²) in [6.45, 7) is 5.77. The van der Waals surface area contributed by atoms with Gasteiger partial charge in [-0.25, -0.2) is 0 Å². The number of carbonyl (C=O) groups is 2. The third-order valence-corrected chi connectivity index (χ3v) is 10.0. The van der Waals surface area contributed by atoms with Crippen molar-refractivity contribution in [2.75, 3.05) is 13.2 Å². The van der Waals surface area contributed by atoms with Crippen LogP contribution in [0.3, 0.4) is 0 Å². The number of rotatable bonds is 41. The van der Waals surface area contributed by atoms with E-state index in [-0.39, 0.29) is 11.9 Å². The normalized spacial score (nSPS) is 11.3. The van der Waals surface area contributed by atoms with Gasteiger partial charge in [0.15, 0.2) is 0 Å². The molecule has 0 aromatic carbocycles. The molecule has 0 unspecified atom stereocenters. The van der Waals surface area contributed by atoms with Gasteiger partial charge in [0, 0.05) is 12.8 Å². The molecule has 0 heterocycles. The smallest absolute Gasteiger partial charge is 0.305 e. The zero-order valence-electron chi connectivity index (χ0n) is 32.9. The molecule has 0 radical (unpaired) electrons. The second-order valence-corrected chi connectivity index (χ2v) is 15.0. The highest BCUT2D eigenvalue weighted by Crippen LogP contribution is 2.15. The lowest BCUT2D eigenvalue weighted by atomic mass is 10.0. The van der Waals surface area contributed by atoms with E-state index in [1.807, 2.05) is 0 Å². The van der Waals surface area contributed by atoms with Crippen molar-refractivity contribution in [2.24, 2.45) is 0 Å². The molecule has 0 aromatic rings. The van der Waals surface area contributed by atoms with Crippen molar-refractivity contribution >= 4 is 11.9 Å². The largest absolute Gasteiger partial charge is 0.466 e. The van der Waals surface area contributed by atoms with E-state index in [0.717, 1.165) is 38.5 Å². The van der Waals surface area contributed by atoms with Crippen LogP contribution in [0.25, 0.3) is 0 Å². The number of hydrogen-bond donors (Lipinski definition) is 0. The summed E-state index contributed by atoms with van der Waals surface area (Å²) in [6.07, 6.45) is 47.8. The molecule has 4 nitrogen and oxygen atoms in total. The summed E-state index contributed by atoms with van der Waals surface area (Å²) in [7, 11) is 0. The lowest BCUT2D eigenvalue weighted by Gasteiger charge is -2.06. The van der Waals surface area contributed by atoms with Gasteiger partial charge in [-0.05, 0) is 25.7 Å². The summed E-state index contributed by atoms with van der Waals surface area (Å²) in [5, 5.41) is 0. The maximum absolute atomic E-state index is 12.0. The Labute approximate surface area is 301 Å². The minimum Gasteiger partial charge on any atom is -0.466 e. The Kier molecular flexibility index (Phi) is 41.2. The van der Waals surface area contributed by atoms with Crippen molar-refractivity contribution in [3.05, 3.63) is 0 Å². The highest BCUT2D eigenvalue weighted by Gasteiger charge is 2.04. The predicted molar refractivity (Wildman–Crippen MR) is 209 cm³/mol. The van der Waals surface area contributed by atoms with Crippen LogP contribution in [0.2, 0.25) is 0 Å². The number of unbranched alkanes of at least 4 members (excludes halogenated alkanes) is 33. The zero-order chi connectivity index (χ0) is 34.9. The summed E-state index contributed by atoms with van der Waals surface area (Å²) in [4.78, 5) is 24.0. The van der Waals surface area contributed by atoms with Gasteiger partial charge in [-0.1, -0.05) is 219 Å². The maximum Gasteiger partial charge on any atom is 0.305 e. The van der Waals surface area contributed by atoms with Crippen molar-refractivity contribution in [3.8, 4) is 0 Å². The summed E-state index contributed by atoms with van der Waals surface area (Å²) >= 11 is 0. The van der Waals surface area contributed by atoms with E-state index in [4.69, 9.17) is 9.47 Å².